The van der Waals surface area contributed by atoms with Crippen molar-refractivity contribution in [3.05, 3.63) is 28.3 Å². The highest BCUT2D eigenvalue weighted by molar-refractivity contribution is 7.99. The molecule has 0 aliphatic carbocycles. The minimum atomic E-state index is -0.942. The summed E-state index contributed by atoms with van der Waals surface area (Å²) in [5.41, 5.74) is 1.92. The van der Waals surface area contributed by atoms with Crippen molar-refractivity contribution in [1.29, 1.82) is 0 Å². The summed E-state index contributed by atoms with van der Waals surface area (Å²) in [7, 11) is 0. The van der Waals surface area contributed by atoms with Crippen LogP contribution in [0.3, 0.4) is 0 Å². The van der Waals surface area contributed by atoms with Crippen molar-refractivity contribution in [3.63, 3.8) is 0 Å². The first-order valence-corrected chi connectivity index (χ1v) is 7.66. The first-order valence-electron chi connectivity index (χ1n) is 5.73. The summed E-state index contributed by atoms with van der Waals surface area (Å²) >= 11 is 3.63. The summed E-state index contributed by atoms with van der Waals surface area (Å²) in [6.07, 6.45) is 4.16. The lowest BCUT2D eigenvalue weighted by Crippen LogP contribution is -1.94. The topological polar surface area (TPSA) is 66.0 Å². The number of aromatic nitrogens is 2. The maximum Gasteiger partial charge on any atom is 0.352 e. The molecule has 1 aliphatic heterocycles. The van der Waals surface area contributed by atoms with E-state index in [0.717, 1.165) is 16.3 Å². The van der Waals surface area contributed by atoms with Crippen LogP contribution in [0.5, 0.6) is 0 Å². The van der Waals surface area contributed by atoms with Gasteiger partial charge in [0.05, 0.1) is 10.9 Å². The van der Waals surface area contributed by atoms with Gasteiger partial charge in [-0.2, -0.15) is 11.8 Å². The van der Waals surface area contributed by atoms with E-state index in [1.165, 1.54) is 18.6 Å². The largest absolute Gasteiger partial charge is 0.477 e. The quantitative estimate of drug-likeness (QED) is 0.904. The molecule has 2 N–H and O–H groups in total. The Labute approximate surface area is 112 Å². The Hall–Kier alpha value is -1.27. The minimum Gasteiger partial charge on any atom is -0.477 e. The van der Waals surface area contributed by atoms with Crippen molar-refractivity contribution in [2.45, 2.75) is 18.1 Å². The van der Waals surface area contributed by atoms with E-state index in [1.807, 2.05) is 17.1 Å². The van der Waals surface area contributed by atoms with Crippen molar-refractivity contribution in [3.8, 4) is 11.3 Å². The Balaban J connectivity index is 1.85. The second-order valence-corrected chi connectivity index (χ2v) is 6.38. The Morgan fingerprint density at radius 1 is 1.56 bits per heavy atom. The standard InChI is InChI=1S/C12H12N2O2S2/c15-12(16)8-4-7(5-13-8)9-6-18-11(14-9)10-2-1-3-17-10/h4-6,10,13H,1-3H2,(H,15,16). The maximum absolute atomic E-state index is 10.8. The van der Waals surface area contributed by atoms with Gasteiger partial charge >= 0.3 is 5.97 Å². The predicted octanol–water partition coefficient (Wildman–Crippen LogP) is 3.40. The molecule has 6 heteroatoms. The molecule has 1 fully saturated rings. The van der Waals surface area contributed by atoms with E-state index in [2.05, 4.69) is 9.97 Å². The van der Waals surface area contributed by atoms with Gasteiger partial charge in [0.1, 0.15) is 10.7 Å². The molecule has 1 atom stereocenters. The number of H-pyrrole nitrogens is 1. The average Bonchev–Trinajstić information content (AvgIpc) is 3.10. The van der Waals surface area contributed by atoms with E-state index < -0.39 is 5.97 Å². The Morgan fingerprint density at radius 3 is 3.11 bits per heavy atom. The fourth-order valence-corrected chi connectivity index (χ4v) is 4.37. The fourth-order valence-electron chi connectivity index (χ4n) is 2.01. The highest BCUT2D eigenvalue weighted by Crippen LogP contribution is 2.41. The summed E-state index contributed by atoms with van der Waals surface area (Å²) in [5, 5.41) is 12.6. The number of carboxylic acids is 1. The lowest BCUT2D eigenvalue weighted by atomic mass is 10.2. The van der Waals surface area contributed by atoms with Gasteiger partial charge in [0.25, 0.3) is 0 Å². The first-order chi connectivity index (χ1) is 8.74. The fraction of sp³-hybridized carbons (Fsp3) is 0.333. The van der Waals surface area contributed by atoms with Crippen LogP contribution < -0.4 is 0 Å². The number of thioether (sulfide) groups is 1. The van der Waals surface area contributed by atoms with Gasteiger partial charge in [0.2, 0.25) is 0 Å². The molecule has 0 saturated carbocycles. The number of nitrogens with one attached hydrogen (secondary N) is 1. The molecule has 3 rings (SSSR count). The van der Waals surface area contributed by atoms with E-state index in [0.29, 0.717) is 5.25 Å². The zero-order valence-electron chi connectivity index (χ0n) is 9.55. The molecule has 3 heterocycles. The molecule has 1 aliphatic rings. The number of hydrogen-bond donors (Lipinski definition) is 2. The molecule has 0 bridgehead atoms. The highest BCUT2D eigenvalue weighted by atomic mass is 32.2. The normalized spacial score (nSPS) is 19.2. The summed E-state index contributed by atoms with van der Waals surface area (Å²) in [6.45, 7) is 0. The van der Waals surface area contributed by atoms with Crippen LogP contribution in [0.1, 0.15) is 33.6 Å². The molecular weight excluding hydrogens is 268 g/mol. The van der Waals surface area contributed by atoms with Gasteiger partial charge in [0, 0.05) is 17.1 Å². The molecule has 0 amide bonds. The van der Waals surface area contributed by atoms with Gasteiger partial charge in [-0.1, -0.05) is 0 Å². The number of rotatable bonds is 3. The van der Waals surface area contributed by atoms with Crippen molar-refractivity contribution in [2.24, 2.45) is 0 Å². The number of hydrogen-bond acceptors (Lipinski definition) is 4. The third kappa shape index (κ3) is 2.18. The molecule has 1 saturated heterocycles. The lowest BCUT2D eigenvalue weighted by Gasteiger charge is -2.01. The van der Waals surface area contributed by atoms with Gasteiger partial charge in [-0.15, -0.1) is 11.3 Å². The molecule has 2 aromatic heterocycles. The van der Waals surface area contributed by atoms with Gasteiger partial charge < -0.3 is 10.1 Å². The summed E-state index contributed by atoms with van der Waals surface area (Å²) in [4.78, 5) is 18.2. The molecule has 1 unspecified atom stereocenters. The Kier molecular flexibility index (Phi) is 3.13. The summed E-state index contributed by atoms with van der Waals surface area (Å²) in [6, 6.07) is 1.63. The third-order valence-electron chi connectivity index (χ3n) is 2.94. The van der Waals surface area contributed by atoms with Crippen LogP contribution in [-0.4, -0.2) is 26.8 Å². The van der Waals surface area contributed by atoms with Crippen molar-refractivity contribution in [2.75, 3.05) is 5.75 Å². The molecule has 4 nitrogen and oxygen atoms in total. The average molecular weight is 280 g/mol. The Morgan fingerprint density at radius 2 is 2.44 bits per heavy atom. The zero-order chi connectivity index (χ0) is 12.5. The van der Waals surface area contributed by atoms with Gasteiger partial charge in [0.15, 0.2) is 0 Å². The van der Waals surface area contributed by atoms with E-state index >= 15 is 0 Å². The Bertz CT molecular complexity index is 570. The van der Waals surface area contributed by atoms with E-state index in [1.54, 1.807) is 23.6 Å². The monoisotopic (exact) mass is 280 g/mol. The van der Waals surface area contributed by atoms with Gasteiger partial charge in [-0.05, 0) is 24.7 Å². The van der Waals surface area contributed by atoms with Gasteiger partial charge in [-0.3, -0.25) is 0 Å². The molecule has 0 spiro atoms. The van der Waals surface area contributed by atoms with Crippen LogP contribution in [0.2, 0.25) is 0 Å². The van der Waals surface area contributed by atoms with Gasteiger partial charge in [-0.25, -0.2) is 9.78 Å². The smallest absolute Gasteiger partial charge is 0.352 e. The molecule has 94 valence electrons. The lowest BCUT2D eigenvalue weighted by molar-refractivity contribution is 0.0691. The van der Waals surface area contributed by atoms with Crippen LogP contribution in [-0.2, 0) is 0 Å². The maximum atomic E-state index is 10.8. The van der Waals surface area contributed by atoms with Crippen LogP contribution in [0.15, 0.2) is 17.6 Å². The molecular formula is C12H12N2O2S2. The van der Waals surface area contributed by atoms with Crippen molar-refractivity contribution in [1.82, 2.24) is 9.97 Å². The minimum absolute atomic E-state index is 0.204. The number of aromatic amines is 1. The number of thiazole rings is 1. The summed E-state index contributed by atoms with van der Waals surface area (Å²) < 4.78 is 0. The molecule has 0 aromatic carbocycles. The number of aromatic carboxylic acids is 1. The predicted molar refractivity (Wildman–Crippen MR) is 73.3 cm³/mol. The number of carbonyl (C=O) groups is 1. The van der Waals surface area contributed by atoms with Crippen LogP contribution in [0.25, 0.3) is 11.3 Å². The van der Waals surface area contributed by atoms with Crippen molar-refractivity contribution >= 4 is 29.1 Å². The van der Waals surface area contributed by atoms with Crippen LogP contribution >= 0.6 is 23.1 Å². The zero-order valence-corrected chi connectivity index (χ0v) is 11.2. The second kappa shape index (κ2) is 4.78. The van der Waals surface area contributed by atoms with E-state index in [9.17, 15) is 4.79 Å². The molecule has 0 radical (unpaired) electrons. The van der Waals surface area contributed by atoms with Crippen LogP contribution in [0.4, 0.5) is 0 Å². The third-order valence-corrected chi connectivity index (χ3v) is 5.43. The summed E-state index contributed by atoms with van der Waals surface area (Å²) in [5.74, 6) is 0.274. The second-order valence-electron chi connectivity index (χ2n) is 4.18. The molecule has 18 heavy (non-hydrogen) atoms. The number of nitrogens with zero attached hydrogens (tertiary/aromatic N) is 1. The first kappa shape index (κ1) is 11.8. The SMILES string of the molecule is O=C(O)c1cc(-c2csc(C3CCCS3)n2)c[nH]1. The molecule has 2 aromatic rings. The van der Waals surface area contributed by atoms with Crippen molar-refractivity contribution < 1.29 is 9.90 Å². The van der Waals surface area contributed by atoms with Crippen LogP contribution in [0, 0.1) is 0 Å². The number of carboxylic acid groups (broad SMARTS) is 1. The van der Waals surface area contributed by atoms with E-state index in [-0.39, 0.29) is 5.69 Å². The highest BCUT2D eigenvalue weighted by Gasteiger charge is 2.21. The van der Waals surface area contributed by atoms with E-state index in [4.69, 9.17) is 5.11 Å².